The van der Waals surface area contributed by atoms with Crippen LogP contribution in [0.3, 0.4) is 0 Å². The fraction of sp³-hybridized carbons (Fsp3) is 0.333. The Kier molecular flexibility index (Phi) is 3.97. The zero-order chi connectivity index (χ0) is 15.7. The lowest BCUT2D eigenvalue weighted by Crippen LogP contribution is -2.30. The molecule has 21 heavy (non-hydrogen) atoms. The van der Waals surface area contributed by atoms with Crippen LogP contribution in [0.25, 0.3) is 0 Å². The highest BCUT2D eigenvalue weighted by atomic mass is 19.1. The van der Waals surface area contributed by atoms with Gasteiger partial charge in [-0.3, -0.25) is 9.89 Å². The van der Waals surface area contributed by atoms with Gasteiger partial charge in [0, 0.05) is 23.9 Å². The van der Waals surface area contributed by atoms with Crippen molar-refractivity contribution >= 4 is 5.91 Å². The van der Waals surface area contributed by atoms with Crippen molar-refractivity contribution in [2.45, 2.75) is 26.8 Å². The average molecular weight is 291 g/mol. The number of benzene rings is 1. The van der Waals surface area contributed by atoms with Gasteiger partial charge >= 0.3 is 0 Å². The largest absolute Gasteiger partial charge is 0.505 e. The molecule has 0 fully saturated rings. The van der Waals surface area contributed by atoms with Crippen LogP contribution < -0.4 is 0 Å². The first-order valence-corrected chi connectivity index (χ1v) is 6.60. The fourth-order valence-corrected chi connectivity index (χ4v) is 2.39. The minimum Gasteiger partial charge on any atom is -0.505 e. The van der Waals surface area contributed by atoms with Crippen molar-refractivity contribution in [1.29, 1.82) is 0 Å². The van der Waals surface area contributed by atoms with Gasteiger partial charge in [0.05, 0.1) is 11.7 Å². The average Bonchev–Trinajstić information content (AvgIpc) is 2.79. The van der Waals surface area contributed by atoms with Gasteiger partial charge in [-0.25, -0.2) is 4.39 Å². The molecule has 0 saturated carbocycles. The number of nitrogens with zero attached hydrogens (tertiary/aromatic N) is 2. The van der Waals surface area contributed by atoms with Gasteiger partial charge < -0.3 is 10.0 Å². The summed E-state index contributed by atoms with van der Waals surface area (Å²) in [4.78, 5) is 14.0. The maximum Gasteiger partial charge on any atom is 0.254 e. The maximum absolute atomic E-state index is 13.1. The molecule has 2 rings (SSSR count). The molecule has 0 spiro atoms. The molecule has 1 atom stereocenters. The number of aromatic hydroxyl groups is 1. The van der Waals surface area contributed by atoms with Crippen LogP contribution >= 0.6 is 0 Å². The number of hydrogen-bond donors (Lipinski definition) is 2. The van der Waals surface area contributed by atoms with Gasteiger partial charge in [-0.2, -0.15) is 5.10 Å². The summed E-state index contributed by atoms with van der Waals surface area (Å²) in [5.41, 5.74) is 2.93. The molecule has 0 radical (unpaired) electrons. The first-order valence-electron chi connectivity index (χ1n) is 6.60. The van der Waals surface area contributed by atoms with E-state index in [0.717, 1.165) is 29.1 Å². The van der Waals surface area contributed by atoms with E-state index in [0.29, 0.717) is 0 Å². The molecule has 1 heterocycles. The van der Waals surface area contributed by atoms with Gasteiger partial charge in [0.1, 0.15) is 0 Å². The predicted octanol–water partition coefficient (Wildman–Crippen LogP) is 2.70. The van der Waals surface area contributed by atoms with E-state index < -0.39 is 11.6 Å². The molecular formula is C15H18FN3O2. The number of phenolic OH excluding ortho intramolecular Hbond substituents is 1. The first-order chi connectivity index (χ1) is 9.82. The summed E-state index contributed by atoms with van der Waals surface area (Å²) < 4.78 is 13.1. The Balaban J connectivity index is 2.28. The SMILES string of the molecule is Cc1n[nH]c(C)c1[C@H](C)N(C)C(=O)c1ccc(F)c(O)c1. The zero-order valence-electron chi connectivity index (χ0n) is 12.4. The number of aromatic amines is 1. The summed E-state index contributed by atoms with van der Waals surface area (Å²) in [5.74, 6) is -1.57. The third kappa shape index (κ3) is 2.74. The molecule has 1 aromatic carbocycles. The molecule has 0 aliphatic rings. The van der Waals surface area contributed by atoms with Crippen molar-refractivity contribution in [2.24, 2.45) is 0 Å². The molecule has 0 aliphatic heterocycles. The van der Waals surface area contributed by atoms with E-state index in [9.17, 15) is 14.3 Å². The van der Waals surface area contributed by atoms with E-state index >= 15 is 0 Å². The Morgan fingerprint density at radius 3 is 2.62 bits per heavy atom. The standard InChI is InChI=1S/C15H18FN3O2/c1-8-14(9(2)18-17-8)10(3)19(4)15(21)11-5-6-12(16)13(20)7-11/h5-7,10,20H,1-4H3,(H,17,18)/t10-/m0/s1. The van der Waals surface area contributed by atoms with Gasteiger partial charge in [-0.05, 0) is 39.0 Å². The van der Waals surface area contributed by atoms with Crippen molar-refractivity contribution in [1.82, 2.24) is 15.1 Å². The summed E-state index contributed by atoms with van der Waals surface area (Å²) in [6.07, 6.45) is 0. The molecule has 112 valence electrons. The van der Waals surface area contributed by atoms with Crippen LogP contribution in [0.1, 0.15) is 40.3 Å². The Morgan fingerprint density at radius 2 is 2.10 bits per heavy atom. The van der Waals surface area contributed by atoms with Crippen LogP contribution in [-0.2, 0) is 0 Å². The van der Waals surface area contributed by atoms with Crippen molar-refractivity contribution in [3.8, 4) is 5.75 Å². The van der Waals surface area contributed by atoms with E-state index in [1.54, 1.807) is 7.05 Å². The van der Waals surface area contributed by atoms with Crippen molar-refractivity contribution in [3.63, 3.8) is 0 Å². The number of hydrogen-bond acceptors (Lipinski definition) is 3. The maximum atomic E-state index is 13.1. The lowest BCUT2D eigenvalue weighted by atomic mass is 10.0. The number of rotatable bonds is 3. The van der Waals surface area contributed by atoms with Gasteiger partial charge in [0.25, 0.3) is 5.91 Å². The van der Waals surface area contributed by atoms with Crippen molar-refractivity contribution in [3.05, 3.63) is 46.5 Å². The number of halogens is 1. The first kappa shape index (κ1) is 15.0. The van der Waals surface area contributed by atoms with E-state index in [2.05, 4.69) is 10.2 Å². The minimum absolute atomic E-state index is 0.191. The zero-order valence-corrected chi connectivity index (χ0v) is 12.4. The van der Waals surface area contributed by atoms with E-state index in [1.165, 1.54) is 11.0 Å². The molecule has 2 N–H and O–H groups in total. The van der Waals surface area contributed by atoms with Crippen molar-refractivity contribution < 1.29 is 14.3 Å². The number of H-pyrrole nitrogens is 1. The van der Waals surface area contributed by atoms with Crippen LogP contribution in [0, 0.1) is 19.7 Å². The quantitative estimate of drug-likeness (QED) is 0.913. The molecule has 2 aromatic rings. The Morgan fingerprint density at radius 1 is 1.43 bits per heavy atom. The monoisotopic (exact) mass is 291 g/mol. The van der Waals surface area contributed by atoms with Crippen LogP contribution in [-0.4, -0.2) is 33.2 Å². The number of nitrogens with one attached hydrogen (secondary N) is 1. The molecule has 1 aromatic heterocycles. The van der Waals surface area contributed by atoms with Gasteiger partial charge in [-0.15, -0.1) is 0 Å². The van der Waals surface area contributed by atoms with E-state index in [1.807, 2.05) is 20.8 Å². The lowest BCUT2D eigenvalue weighted by molar-refractivity contribution is 0.0741. The molecule has 1 amide bonds. The molecule has 0 aliphatic carbocycles. The van der Waals surface area contributed by atoms with Crippen molar-refractivity contribution in [2.75, 3.05) is 7.05 Å². The predicted molar refractivity (Wildman–Crippen MR) is 76.6 cm³/mol. The molecule has 0 unspecified atom stereocenters. The topological polar surface area (TPSA) is 69.2 Å². The van der Waals surface area contributed by atoms with Crippen LogP contribution in [0.15, 0.2) is 18.2 Å². The lowest BCUT2D eigenvalue weighted by Gasteiger charge is -2.25. The molecule has 0 saturated heterocycles. The molecule has 0 bridgehead atoms. The number of phenols is 1. The van der Waals surface area contributed by atoms with Crippen LogP contribution in [0.2, 0.25) is 0 Å². The number of carbonyl (C=O) groups excluding carboxylic acids is 1. The summed E-state index contributed by atoms with van der Waals surface area (Å²) in [7, 11) is 1.67. The number of aryl methyl sites for hydroxylation is 2. The fourth-order valence-electron chi connectivity index (χ4n) is 2.39. The number of carbonyl (C=O) groups is 1. The highest BCUT2D eigenvalue weighted by Gasteiger charge is 2.23. The summed E-state index contributed by atoms with van der Waals surface area (Å²) in [5, 5.41) is 16.4. The Bertz CT molecular complexity index is 662. The third-order valence-electron chi connectivity index (χ3n) is 3.70. The summed E-state index contributed by atoms with van der Waals surface area (Å²) in [6, 6.07) is 3.38. The Hall–Kier alpha value is -2.37. The number of aromatic nitrogens is 2. The molecular weight excluding hydrogens is 273 g/mol. The Labute approximate surface area is 122 Å². The molecule has 5 nitrogen and oxygen atoms in total. The summed E-state index contributed by atoms with van der Waals surface area (Å²) in [6.45, 7) is 5.66. The normalized spacial score (nSPS) is 12.2. The second-order valence-corrected chi connectivity index (χ2v) is 5.11. The van der Waals surface area contributed by atoms with Crippen LogP contribution in [0.4, 0.5) is 4.39 Å². The smallest absolute Gasteiger partial charge is 0.254 e. The van der Waals surface area contributed by atoms with Gasteiger partial charge in [-0.1, -0.05) is 0 Å². The second-order valence-electron chi connectivity index (χ2n) is 5.11. The van der Waals surface area contributed by atoms with E-state index in [4.69, 9.17) is 0 Å². The van der Waals surface area contributed by atoms with Gasteiger partial charge in [0.2, 0.25) is 0 Å². The summed E-state index contributed by atoms with van der Waals surface area (Å²) >= 11 is 0. The van der Waals surface area contributed by atoms with Crippen LogP contribution in [0.5, 0.6) is 5.75 Å². The highest BCUT2D eigenvalue weighted by molar-refractivity contribution is 5.94. The second kappa shape index (κ2) is 5.55. The third-order valence-corrected chi connectivity index (χ3v) is 3.70. The number of amides is 1. The minimum atomic E-state index is -0.747. The highest BCUT2D eigenvalue weighted by Crippen LogP contribution is 2.26. The molecule has 6 heteroatoms. The van der Waals surface area contributed by atoms with Gasteiger partial charge in [0.15, 0.2) is 11.6 Å². The van der Waals surface area contributed by atoms with E-state index in [-0.39, 0.29) is 17.5 Å².